The number of amides is 1. The lowest BCUT2D eigenvalue weighted by atomic mass is 10.1. The molecule has 1 aromatic carbocycles. The van der Waals surface area contributed by atoms with E-state index in [2.05, 4.69) is 18.8 Å². The van der Waals surface area contributed by atoms with E-state index >= 15 is 0 Å². The SMILES string of the molecule is C=CC(=O)Cc1cccc(NC(=O)OCC/C=C\C=C/CC)c1. The van der Waals surface area contributed by atoms with E-state index in [1.54, 1.807) is 18.2 Å². The predicted octanol–water partition coefficient (Wildman–Crippen LogP) is 4.45. The average molecular weight is 313 g/mol. The van der Waals surface area contributed by atoms with Crippen molar-refractivity contribution in [3.8, 4) is 0 Å². The van der Waals surface area contributed by atoms with Crippen molar-refractivity contribution in [3.63, 3.8) is 0 Å². The first-order valence-electron chi connectivity index (χ1n) is 7.65. The molecule has 0 bridgehead atoms. The van der Waals surface area contributed by atoms with Crippen molar-refractivity contribution < 1.29 is 14.3 Å². The topological polar surface area (TPSA) is 55.4 Å². The highest BCUT2D eigenvalue weighted by molar-refractivity contribution is 5.91. The molecule has 0 aliphatic carbocycles. The number of carbonyl (C=O) groups excluding carboxylic acids is 2. The van der Waals surface area contributed by atoms with Crippen molar-refractivity contribution in [1.29, 1.82) is 0 Å². The lowest BCUT2D eigenvalue weighted by molar-refractivity contribution is -0.114. The first kappa shape index (κ1) is 18.4. The van der Waals surface area contributed by atoms with Gasteiger partial charge in [-0.05, 0) is 36.6 Å². The van der Waals surface area contributed by atoms with Crippen LogP contribution in [0.25, 0.3) is 0 Å². The summed E-state index contributed by atoms with van der Waals surface area (Å²) in [5.74, 6) is -0.0614. The van der Waals surface area contributed by atoms with Gasteiger partial charge in [0.25, 0.3) is 0 Å². The molecule has 1 aromatic rings. The Hall–Kier alpha value is -2.62. The van der Waals surface area contributed by atoms with Crippen LogP contribution in [0.1, 0.15) is 25.3 Å². The number of ketones is 1. The molecule has 0 fully saturated rings. The average Bonchev–Trinajstić information content (AvgIpc) is 2.54. The summed E-state index contributed by atoms with van der Waals surface area (Å²) in [6, 6.07) is 7.10. The van der Waals surface area contributed by atoms with Crippen LogP contribution in [0.4, 0.5) is 10.5 Å². The van der Waals surface area contributed by atoms with Gasteiger partial charge in [0.1, 0.15) is 0 Å². The van der Waals surface area contributed by atoms with E-state index in [1.807, 2.05) is 30.4 Å². The number of nitrogens with one attached hydrogen (secondary N) is 1. The summed E-state index contributed by atoms with van der Waals surface area (Å²) in [6.07, 6.45) is 10.6. The van der Waals surface area contributed by atoms with E-state index in [4.69, 9.17) is 4.74 Å². The summed E-state index contributed by atoms with van der Waals surface area (Å²) < 4.78 is 5.09. The first-order valence-corrected chi connectivity index (χ1v) is 7.65. The number of rotatable bonds is 9. The molecule has 1 rings (SSSR count). The Kier molecular flexibility index (Phi) is 8.83. The summed E-state index contributed by atoms with van der Waals surface area (Å²) in [5.41, 5.74) is 1.42. The van der Waals surface area contributed by atoms with Gasteiger partial charge in [0.05, 0.1) is 6.61 Å². The number of carbonyl (C=O) groups is 2. The molecule has 0 spiro atoms. The maximum absolute atomic E-state index is 11.7. The molecule has 0 aliphatic rings. The van der Waals surface area contributed by atoms with Gasteiger partial charge in [-0.25, -0.2) is 4.79 Å². The zero-order valence-corrected chi connectivity index (χ0v) is 13.5. The number of benzene rings is 1. The van der Waals surface area contributed by atoms with Crippen LogP contribution in [-0.4, -0.2) is 18.5 Å². The number of allylic oxidation sites excluding steroid dienone is 4. The molecule has 1 N–H and O–H groups in total. The summed E-state index contributed by atoms with van der Waals surface area (Å²) in [7, 11) is 0. The molecule has 0 aliphatic heterocycles. The smallest absolute Gasteiger partial charge is 0.411 e. The zero-order chi connectivity index (χ0) is 16.9. The van der Waals surface area contributed by atoms with E-state index in [1.165, 1.54) is 6.08 Å². The molecule has 0 atom stereocenters. The molecule has 4 nitrogen and oxygen atoms in total. The second-order valence-electron chi connectivity index (χ2n) is 4.86. The minimum absolute atomic E-state index is 0.0614. The van der Waals surface area contributed by atoms with E-state index in [-0.39, 0.29) is 12.2 Å². The number of anilines is 1. The summed E-state index contributed by atoms with van der Waals surface area (Å²) in [6.45, 7) is 5.83. The maximum atomic E-state index is 11.7. The monoisotopic (exact) mass is 313 g/mol. The highest BCUT2D eigenvalue weighted by Crippen LogP contribution is 2.12. The van der Waals surface area contributed by atoms with Gasteiger partial charge in [0.15, 0.2) is 5.78 Å². The fraction of sp³-hybridized carbons (Fsp3) is 0.263. The van der Waals surface area contributed by atoms with E-state index in [0.29, 0.717) is 18.7 Å². The number of hydrogen-bond acceptors (Lipinski definition) is 3. The maximum Gasteiger partial charge on any atom is 0.411 e. The molecule has 23 heavy (non-hydrogen) atoms. The molecule has 0 unspecified atom stereocenters. The van der Waals surface area contributed by atoms with Gasteiger partial charge >= 0.3 is 6.09 Å². The lowest BCUT2D eigenvalue weighted by Gasteiger charge is -2.07. The van der Waals surface area contributed by atoms with E-state index in [0.717, 1.165) is 12.0 Å². The standard InChI is InChI=1S/C19H23NO3/c1-3-5-6-7-8-9-13-23-19(22)20-17-12-10-11-16(14-17)15-18(21)4-2/h4-8,10-12,14H,2-3,9,13,15H2,1H3,(H,20,22)/b6-5-,8-7-. The van der Waals surface area contributed by atoms with Crippen molar-refractivity contribution in [2.24, 2.45) is 0 Å². The molecule has 1 amide bonds. The quantitative estimate of drug-likeness (QED) is 0.416. The third-order valence-electron chi connectivity index (χ3n) is 2.92. The Morgan fingerprint density at radius 3 is 2.78 bits per heavy atom. The van der Waals surface area contributed by atoms with Crippen molar-refractivity contribution in [1.82, 2.24) is 0 Å². The summed E-state index contributed by atoms with van der Waals surface area (Å²) in [5, 5.41) is 2.65. The highest BCUT2D eigenvalue weighted by Gasteiger charge is 2.04. The van der Waals surface area contributed by atoms with Gasteiger partial charge in [0, 0.05) is 12.1 Å². The van der Waals surface area contributed by atoms with Gasteiger partial charge < -0.3 is 4.74 Å². The Balaban J connectivity index is 2.38. The molecular weight excluding hydrogens is 290 g/mol. The van der Waals surface area contributed by atoms with Crippen LogP contribution >= 0.6 is 0 Å². The van der Waals surface area contributed by atoms with E-state index < -0.39 is 6.09 Å². The van der Waals surface area contributed by atoms with Gasteiger partial charge in [-0.2, -0.15) is 0 Å². The molecule has 0 radical (unpaired) electrons. The van der Waals surface area contributed by atoms with Gasteiger partial charge in [0.2, 0.25) is 0 Å². The van der Waals surface area contributed by atoms with Crippen molar-refractivity contribution >= 4 is 17.6 Å². The Morgan fingerprint density at radius 2 is 2.04 bits per heavy atom. The van der Waals surface area contributed by atoms with Crippen molar-refractivity contribution in [2.45, 2.75) is 26.2 Å². The van der Waals surface area contributed by atoms with Gasteiger partial charge in [-0.3, -0.25) is 10.1 Å². The van der Waals surface area contributed by atoms with Crippen LogP contribution in [0.3, 0.4) is 0 Å². The molecule has 0 saturated carbocycles. The normalized spacial score (nSPS) is 10.8. The van der Waals surface area contributed by atoms with Crippen LogP contribution in [0.5, 0.6) is 0 Å². The van der Waals surface area contributed by atoms with Crippen LogP contribution in [0.2, 0.25) is 0 Å². The molecule has 0 saturated heterocycles. The number of ether oxygens (including phenoxy) is 1. The fourth-order valence-corrected chi connectivity index (χ4v) is 1.80. The first-order chi connectivity index (χ1) is 11.2. The van der Waals surface area contributed by atoms with Gasteiger partial charge in [-0.15, -0.1) is 0 Å². The largest absolute Gasteiger partial charge is 0.449 e. The molecule has 0 aromatic heterocycles. The van der Waals surface area contributed by atoms with Crippen LogP contribution in [0.15, 0.2) is 61.2 Å². The third kappa shape index (κ3) is 8.41. The fourth-order valence-electron chi connectivity index (χ4n) is 1.80. The Morgan fingerprint density at radius 1 is 1.26 bits per heavy atom. The Bertz CT molecular complexity index is 588. The van der Waals surface area contributed by atoms with Crippen molar-refractivity contribution in [3.05, 3.63) is 66.8 Å². The second-order valence-corrected chi connectivity index (χ2v) is 4.86. The van der Waals surface area contributed by atoms with Crippen LogP contribution < -0.4 is 5.32 Å². The van der Waals surface area contributed by atoms with E-state index in [9.17, 15) is 9.59 Å². The highest BCUT2D eigenvalue weighted by atomic mass is 16.5. The molecular formula is C19H23NO3. The predicted molar refractivity (Wildman–Crippen MR) is 93.5 cm³/mol. The van der Waals surface area contributed by atoms with Crippen LogP contribution in [-0.2, 0) is 16.0 Å². The lowest BCUT2D eigenvalue weighted by Crippen LogP contribution is -2.14. The molecule has 0 heterocycles. The van der Waals surface area contributed by atoms with Crippen LogP contribution in [0, 0.1) is 0 Å². The zero-order valence-electron chi connectivity index (χ0n) is 13.5. The minimum Gasteiger partial charge on any atom is -0.449 e. The molecule has 122 valence electrons. The summed E-state index contributed by atoms with van der Waals surface area (Å²) >= 11 is 0. The summed E-state index contributed by atoms with van der Waals surface area (Å²) in [4.78, 5) is 23.0. The molecule has 4 heteroatoms. The Labute approximate surface area is 137 Å². The minimum atomic E-state index is -0.505. The third-order valence-corrected chi connectivity index (χ3v) is 2.92. The second kappa shape index (κ2) is 11.0. The van der Waals surface area contributed by atoms with Gasteiger partial charge in [-0.1, -0.05) is 49.9 Å². The van der Waals surface area contributed by atoms with Crippen molar-refractivity contribution in [2.75, 3.05) is 11.9 Å². The number of hydrogen-bond donors (Lipinski definition) is 1.